The molecule has 15 heavy (non-hydrogen) atoms. The maximum atomic E-state index is 13.3. The molecule has 0 heterocycles. The highest BCUT2D eigenvalue weighted by Gasteiger charge is 2.02. The molecule has 0 saturated carbocycles. The van der Waals surface area contributed by atoms with Gasteiger partial charge in [-0.05, 0) is 43.6 Å². The van der Waals surface area contributed by atoms with E-state index in [4.69, 9.17) is 4.74 Å². The zero-order chi connectivity index (χ0) is 11.1. The maximum Gasteiger partial charge on any atom is 0.165 e. The van der Waals surface area contributed by atoms with Gasteiger partial charge in [0.2, 0.25) is 0 Å². The Hall–Kier alpha value is -1.09. The molecule has 0 atom stereocenters. The van der Waals surface area contributed by atoms with E-state index in [-0.39, 0.29) is 5.82 Å². The number of halogens is 1. The monoisotopic (exact) mass is 211 g/mol. The molecule has 0 aromatic heterocycles. The second kappa shape index (κ2) is 6.40. The van der Waals surface area contributed by atoms with Gasteiger partial charge in [-0.15, -0.1) is 0 Å². The van der Waals surface area contributed by atoms with Crippen molar-refractivity contribution in [3.63, 3.8) is 0 Å². The quantitative estimate of drug-likeness (QED) is 0.729. The van der Waals surface area contributed by atoms with Gasteiger partial charge in [-0.2, -0.15) is 0 Å². The molecule has 1 aromatic rings. The van der Waals surface area contributed by atoms with Crippen LogP contribution in [0.25, 0.3) is 0 Å². The van der Waals surface area contributed by atoms with E-state index >= 15 is 0 Å². The molecule has 0 spiro atoms. The van der Waals surface area contributed by atoms with Gasteiger partial charge in [-0.3, -0.25) is 0 Å². The standard InChI is InChI=1S/C12H18FNO/c1-3-14-8-4-5-10-6-7-12(15-2)11(13)9-10/h6-7,9,14H,3-5,8H2,1-2H3. The second-order valence-electron chi connectivity index (χ2n) is 3.43. The van der Waals surface area contributed by atoms with Crippen LogP contribution in [0.15, 0.2) is 18.2 Å². The summed E-state index contributed by atoms with van der Waals surface area (Å²) in [4.78, 5) is 0. The first-order valence-electron chi connectivity index (χ1n) is 5.31. The summed E-state index contributed by atoms with van der Waals surface area (Å²) in [5.41, 5.74) is 1.02. The fourth-order valence-electron chi connectivity index (χ4n) is 1.46. The minimum Gasteiger partial charge on any atom is -0.494 e. The molecule has 0 aliphatic carbocycles. The lowest BCUT2D eigenvalue weighted by Gasteiger charge is -2.05. The molecule has 1 aromatic carbocycles. The van der Waals surface area contributed by atoms with Crippen LogP contribution in [0.2, 0.25) is 0 Å². The first kappa shape index (κ1) is 12.0. The van der Waals surface area contributed by atoms with E-state index in [0.717, 1.165) is 31.5 Å². The van der Waals surface area contributed by atoms with Crippen LogP contribution >= 0.6 is 0 Å². The number of ether oxygens (including phenoxy) is 1. The summed E-state index contributed by atoms with van der Waals surface area (Å²) in [5.74, 6) is 0.0314. The van der Waals surface area contributed by atoms with Crippen molar-refractivity contribution in [1.29, 1.82) is 0 Å². The highest BCUT2D eigenvalue weighted by atomic mass is 19.1. The fraction of sp³-hybridized carbons (Fsp3) is 0.500. The van der Waals surface area contributed by atoms with Crippen molar-refractivity contribution in [2.24, 2.45) is 0 Å². The predicted octanol–water partition coefficient (Wildman–Crippen LogP) is 2.38. The summed E-state index contributed by atoms with van der Waals surface area (Å²) in [6.45, 7) is 4.04. The molecule has 0 aliphatic heterocycles. The van der Waals surface area contributed by atoms with Gasteiger partial charge in [0.15, 0.2) is 11.6 Å². The molecule has 0 fully saturated rings. The molecular formula is C12H18FNO. The summed E-state index contributed by atoms with van der Waals surface area (Å²) in [6.07, 6.45) is 1.92. The Kier molecular flexibility index (Phi) is 5.12. The third-order valence-electron chi connectivity index (χ3n) is 2.29. The second-order valence-corrected chi connectivity index (χ2v) is 3.43. The fourth-order valence-corrected chi connectivity index (χ4v) is 1.46. The summed E-state index contributed by atoms with van der Waals surface area (Å²) in [5, 5.41) is 3.24. The molecular weight excluding hydrogens is 193 g/mol. The lowest BCUT2D eigenvalue weighted by molar-refractivity contribution is 0.386. The molecule has 3 heteroatoms. The molecule has 0 bridgehead atoms. The number of rotatable bonds is 6. The normalized spacial score (nSPS) is 10.3. The molecule has 2 nitrogen and oxygen atoms in total. The van der Waals surface area contributed by atoms with Gasteiger partial charge in [0.05, 0.1) is 7.11 Å². The minimum atomic E-state index is -0.279. The van der Waals surface area contributed by atoms with E-state index in [0.29, 0.717) is 5.75 Å². The van der Waals surface area contributed by atoms with Crippen molar-refractivity contribution < 1.29 is 9.13 Å². The van der Waals surface area contributed by atoms with Crippen LogP contribution in [0.1, 0.15) is 18.9 Å². The van der Waals surface area contributed by atoms with Crippen molar-refractivity contribution in [1.82, 2.24) is 5.32 Å². The number of nitrogens with one attached hydrogen (secondary N) is 1. The van der Waals surface area contributed by atoms with Gasteiger partial charge in [0, 0.05) is 0 Å². The zero-order valence-corrected chi connectivity index (χ0v) is 9.35. The number of aryl methyl sites for hydroxylation is 1. The number of hydrogen-bond acceptors (Lipinski definition) is 2. The van der Waals surface area contributed by atoms with E-state index in [1.165, 1.54) is 7.11 Å². The summed E-state index contributed by atoms with van der Waals surface area (Å²) >= 11 is 0. The maximum absolute atomic E-state index is 13.3. The first-order valence-corrected chi connectivity index (χ1v) is 5.31. The molecule has 0 amide bonds. The molecule has 0 aliphatic rings. The average molecular weight is 211 g/mol. The highest BCUT2D eigenvalue weighted by Crippen LogP contribution is 2.18. The number of benzene rings is 1. The van der Waals surface area contributed by atoms with Crippen LogP contribution in [0.5, 0.6) is 5.75 Å². The van der Waals surface area contributed by atoms with Crippen molar-refractivity contribution >= 4 is 0 Å². The lowest BCUT2D eigenvalue weighted by Crippen LogP contribution is -2.14. The Morgan fingerprint density at radius 3 is 2.80 bits per heavy atom. The van der Waals surface area contributed by atoms with Crippen LogP contribution in [0, 0.1) is 5.82 Å². The van der Waals surface area contributed by atoms with E-state index in [1.807, 2.05) is 6.07 Å². The van der Waals surface area contributed by atoms with Crippen LogP contribution < -0.4 is 10.1 Å². The summed E-state index contributed by atoms with van der Waals surface area (Å²) in [7, 11) is 1.48. The third kappa shape index (κ3) is 3.88. The van der Waals surface area contributed by atoms with E-state index in [9.17, 15) is 4.39 Å². The molecule has 0 unspecified atom stereocenters. The predicted molar refractivity (Wildman–Crippen MR) is 59.8 cm³/mol. The van der Waals surface area contributed by atoms with Crippen molar-refractivity contribution in [3.8, 4) is 5.75 Å². The molecule has 0 saturated heterocycles. The van der Waals surface area contributed by atoms with Crippen molar-refractivity contribution in [2.75, 3.05) is 20.2 Å². The topological polar surface area (TPSA) is 21.3 Å². The Morgan fingerprint density at radius 1 is 1.40 bits per heavy atom. The van der Waals surface area contributed by atoms with E-state index < -0.39 is 0 Å². The van der Waals surface area contributed by atoms with Gasteiger partial charge in [0.25, 0.3) is 0 Å². The van der Waals surface area contributed by atoms with Gasteiger partial charge in [-0.1, -0.05) is 13.0 Å². The zero-order valence-electron chi connectivity index (χ0n) is 9.35. The van der Waals surface area contributed by atoms with Crippen LogP contribution in [-0.4, -0.2) is 20.2 Å². The van der Waals surface area contributed by atoms with Gasteiger partial charge >= 0.3 is 0 Å². The Balaban J connectivity index is 2.45. The molecule has 0 radical (unpaired) electrons. The average Bonchev–Trinajstić information content (AvgIpc) is 2.25. The first-order chi connectivity index (χ1) is 7.27. The van der Waals surface area contributed by atoms with Crippen LogP contribution in [0.3, 0.4) is 0 Å². The highest BCUT2D eigenvalue weighted by molar-refractivity contribution is 5.29. The van der Waals surface area contributed by atoms with Crippen LogP contribution in [-0.2, 0) is 6.42 Å². The Morgan fingerprint density at radius 2 is 2.20 bits per heavy atom. The molecule has 1 rings (SSSR count). The van der Waals surface area contributed by atoms with Crippen LogP contribution in [0.4, 0.5) is 4.39 Å². The summed E-state index contributed by atoms with van der Waals surface area (Å²) < 4.78 is 18.1. The van der Waals surface area contributed by atoms with Gasteiger partial charge in [0.1, 0.15) is 0 Å². The Bertz CT molecular complexity index is 302. The van der Waals surface area contributed by atoms with Gasteiger partial charge in [-0.25, -0.2) is 4.39 Å². The number of methoxy groups -OCH3 is 1. The smallest absolute Gasteiger partial charge is 0.165 e. The third-order valence-corrected chi connectivity index (χ3v) is 2.29. The lowest BCUT2D eigenvalue weighted by atomic mass is 10.1. The number of hydrogen-bond donors (Lipinski definition) is 1. The largest absolute Gasteiger partial charge is 0.494 e. The summed E-state index contributed by atoms with van der Waals surface area (Å²) in [6, 6.07) is 5.14. The Labute approximate surface area is 90.4 Å². The van der Waals surface area contributed by atoms with E-state index in [2.05, 4.69) is 12.2 Å². The van der Waals surface area contributed by atoms with Crippen molar-refractivity contribution in [3.05, 3.63) is 29.6 Å². The van der Waals surface area contributed by atoms with Gasteiger partial charge < -0.3 is 10.1 Å². The SMILES string of the molecule is CCNCCCc1ccc(OC)c(F)c1. The molecule has 84 valence electrons. The van der Waals surface area contributed by atoms with Crippen molar-refractivity contribution in [2.45, 2.75) is 19.8 Å². The molecule has 1 N–H and O–H groups in total. The minimum absolute atomic E-state index is 0.279. The van der Waals surface area contributed by atoms with E-state index in [1.54, 1.807) is 12.1 Å².